The molecule has 5 heteroatoms. The molecular weight excluding hydrogens is 220 g/mol. The van der Waals surface area contributed by atoms with Gasteiger partial charge in [0.15, 0.2) is 0 Å². The van der Waals surface area contributed by atoms with Crippen molar-refractivity contribution in [3.05, 3.63) is 11.9 Å². The van der Waals surface area contributed by atoms with Gasteiger partial charge in [0, 0.05) is 38.9 Å². The predicted molar refractivity (Wildman–Crippen MR) is 72.6 cm³/mol. The molecule has 1 rings (SSSR count). The second-order valence-electron chi connectivity index (χ2n) is 3.55. The van der Waals surface area contributed by atoms with Crippen molar-refractivity contribution in [1.29, 1.82) is 0 Å². The van der Waals surface area contributed by atoms with Crippen LogP contribution in [0.1, 0.15) is 12.7 Å². The Morgan fingerprint density at radius 3 is 2.75 bits per heavy atom. The van der Waals surface area contributed by atoms with Gasteiger partial charge < -0.3 is 10.2 Å². The first-order chi connectivity index (χ1) is 7.71. The van der Waals surface area contributed by atoms with Gasteiger partial charge >= 0.3 is 0 Å². The number of hydrogen-bond donors (Lipinski definition) is 1. The lowest BCUT2D eigenvalue weighted by Gasteiger charge is -2.18. The quantitative estimate of drug-likeness (QED) is 0.822. The van der Waals surface area contributed by atoms with Gasteiger partial charge in [0.05, 0.1) is 0 Å². The number of nitrogens with one attached hydrogen (secondary N) is 1. The first-order valence-electron chi connectivity index (χ1n) is 5.47. The fourth-order valence-corrected chi connectivity index (χ4v) is 1.76. The highest BCUT2D eigenvalue weighted by atomic mass is 32.2. The van der Waals surface area contributed by atoms with Crippen molar-refractivity contribution in [2.45, 2.75) is 13.3 Å². The van der Waals surface area contributed by atoms with Gasteiger partial charge in [-0.05, 0) is 6.26 Å². The summed E-state index contributed by atoms with van der Waals surface area (Å²) in [5.41, 5.74) is 0. The maximum absolute atomic E-state index is 4.52. The molecule has 0 aliphatic rings. The molecule has 0 aromatic carbocycles. The molecule has 1 heterocycles. The Kier molecular flexibility index (Phi) is 5.38. The summed E-state index contributed by atoms with van der Waals surface area (Å²) in [4.78, 5) is 11.1. The Bertz CT molecular complexity index is 308. The molecule has 0 bridgehead atoms. The van der Waals surface area contributed by atoms with Crippen molar-refractivity contribution in [3.8, 4) is 0 Å². The van der Waals surface area contributed by atoms with Crippen LogP contribution >= 0.6 is 11.8 Å². The summed E-state index contributed by atoms with van der Waals surface area (Å²) in [5, 5.41) is 3.07. The van der Waals surface area contributed by atoms with Crippen LogP contribution in [0.3, 0.4) is 0 Å². The lowest BCUT2D eigenvalue weighted by molar-refractivity contribution is 0.886. The maximum atomic E-state index is 4.52. The van der Waals surface area contributed by atoms with Crippen molar-refractivity contribution in [1.82, 2.24) is 9.97 Å². The molecule has 0 fully saturated rings. The fraction of sp³-hybridized carbons (Fsp3) is 0.636. The summed E-state index contributed by atoms with van der Waals surface area (Å²) >= 11 is 1.84. The van der Waals surface area contributed by atoms with Gasteiger partial charge in [0.1, 0.15) is 17.5 Å². The van der Waals surface area contributed by atoms with E-state index in [2.05, 4.69) is 40.4 Å². The van der Waals surface area contributed by atoms with Crippen LogP contribution in [0.5, 0.6) is 0 Å². The number of nitrogens with zero attached hydrogens (tertiary/aromatic N) is 3. The second-order valence-corrected chi connectivity index (χ2v) is 4.53. The molecule has 0 radical (unpaired) electrons. The average Bonchev–Trinajstić information content (AvgIpc) is 2.35. The highest BCUT2D eigenvalue weighted by molar-refractivity contribution is 7.98. The van der Waals surface area contributed by atoms with E-state index in [-0.39, 0.29) is 0 Å². The van der Waals surface area contributed by atoms with Crippen LogP contribution in [0.15, 0.2) is 6.07 Å². The van der Waals surface area contributed by atoms with Crippen molar-refractivity contribution in [2.24, 2.45) is 0 Å². The number of thioether (sulfide) groups is 1. The van der Waals surface area contributed by atoms with Crippen molar-refractivity contribution < 1.29 is 0 Å². The second kappa shape index (κ2) is 6.58. The van der Waals surface area contributed by atoms with E-state index in [0.717, 1.165) is 36.2 Å². The van der Waals surface area contributed by atoms with E-state index in [9.17, 15) is 0 Å². The third-order valence-electron chi connectivity index (χ3n) is 2.35. The molecule has 1 aromatic rings. The zero-order valence-electron chi connectivity index (χ0n) is 10.4. The number of aryl methyl sites for hydroxylation is 1. The first kappa shape index (κ1) is 13.1. The molecule has 16 heavy (non-hydrogen) atoms. The van der Waals surface area contributed by atoms with E-state index in [4.69, 9.17) is 0 Å². The Morgan fingerprint density at radius 1 is 1.44 bits per heavy atom. The fourth-order valence-electron chi connectivity index (χ4n) is 1.31. The minimum Gasteiger partial charge on any atom is -0.373 e. The van der Waals surface area contributed by atoms with E-state index < -0.39 is 0 Å². The summed E-state index contributed by atoms with van der Waals surface area (Å²) < 4.78 is 0. The maximum Gasteiger partial charge on any atom is 0.134 e. The average molecular weight is 240 g/mol. The number of hydrogen-bond acceptors (Lipinski definition) is 5. The van der Waals surface area contributed by atoms with Gasteiger partial charge in [0.2, 0.25) is 0 Å². The Hall–Kier alpha value is -0.970. The molecular formula is C11H20N4S. The van der Waals surface area contributed by atoms with Crippen molar-refractivity contribution in [3.63, 3.8) is 0 Å². The summed E-state index contributed by atoms with van der Waals surface area (Å²) in [5.74, 6) is 3.87. The van der Waals surface area contributed by atoms with Gasteiger partial charge in [-0.2, -0.15) is 11.8 Å². The van der Waals surface area contributed by atoms with E-state index >= 15 is 0 Å². The summed E-state index contributed by atoms with van der Waals surface area (Å²) in [7, 11) is 3.95. The normalized spacial score (nSPS) is 10.2. The van der Waals surface area contributed by atoms with E-state index in [0.29, 0.717) is 0 Å². The molecule has 0 aliphatic heterocycles. The smallest absolute Gasteiger partial charge is 0.134 e. The topological polar surface area (TPSA) is 41.1 Å². The van der Waals surface area contributed by atoms with E-state index in [1.807, 2.05) is 24.9 Å². The highest BCUT2D eigenvalue weighted by Gasteiger charge is 2.06. The molecule has 0 unspecified atom stereocenters. The van der Waals surface area contributed by atoms with Crippen molar-refractivity contribution in [2.75, 3.05) is 42.9 Å². The number of anilines is 2. The van der Waals surface area contributed by atoms with Gasteiger partial charge in [0.25, 0.3) is 0 Å². The first-order valence-corrected chi connectivity index (χ1v) is 6.86. The van der Waals surface area contributed by atoms with Gasteiger partial charge in [-0.3, -0.25) is 0 Å². The van der Waals surface area contributed by atoms with Crippen LogP contribution < -0.4 is 10.2 Å². The molecule has 90 valence electrons. The lowest BCUT2D eigenvalue weighted by atomic mass is 10.4. The predicted octanol–water partition coefficient (Wildman–Crippen LogP) is 1.88. The van der Waals surface area contributed by atoms with Gasteiger partial charge in [-0.25, -0.2) is 9.97 Å². The molecule has 0 atom stereocenters. The van der Waals surface area contributed by atoms with Crippen LogP contribution in [-0.4, -0.2) is 42.6 Å². The highest BCUT2D eigenvalue weighted by Crippen LogP contribution is 2.15. The molecule has 0 spiro atoms. The van der Waals surface area contributed by atoms with Crippen LogP contribution in [0.25, 0.3) is 0 Å². The third kappa shape index (κ3) is 3.56. The van der Waals surface area contributed by atoms with Crippen LogP contribution in [-0.2, 0) is 6.42 Å². The molecule has 0 saturated carbocycles. The Labute approximate surface area is 102 Å². The molecule has 4 nitrogen and oxygen atoms in total. The SMILES string of the molecule is CCc1nc(NC)cc(N(C)CCSC)n1. The van der Waals surface area contributed by atoms with E-state index in [1.165, 1.54) is 0 Å². The van der Waals surface area contributed by atoms with Gasteiger partial charge in [-0.1, -0.05) is 6.92 Å². The minimum absolute atomic E-state index is 0.860. The van der Waals surface area contributed by atoms with Crippen LogP contribution in [0.2, 0.25) is 0 Å². The lowest BCUT2D eigenvalue weighted by Crippen LogP contribution is -2.22. The molecule has 1 N–H and O–H groups in total. The molecule has 1 aromatic heterocycles. The summed E-state index contributed by atoms with van der Waals surface area (Å²) in [6.45, 7) is 3.07. The van der Waals surface area contributed by atoms with E-state index in [1.54, 1.807) is 0 Å². The summed E-state index contributed by atoms with van der Waals surface area (Å²) in [6, 6.07) is 1.99. The van der Waals surface area contributed by atoms with Crippen molar-refractivity contribution >= 4 is 23.4 Å². The zero-order valence-corrected chi connectivity index (χ0v) is 11.3. The number of aromatic nitrogens is 2. The molecule has 0 aliphatic carbocycles. The minimum atomic E-state index is 0.860. The van der Waals surface area contributed by atoms with Crippen LogP contribution in [0, 0.1) is 0 Å². The molecule has 0 amide bonds. The third-order valence-corrected chi connectivity index (χ3v) is 2.94. The number of rotatable bonds is 6. The largest absolute Gasteiger partial charge is 0.373 e. The Morgan fingerprint density at radius 2 is 2.19 bits per heavy atom. The standard InChI is InChI=1S/C11H20N4S/c1-5-9-13-10(12-2)8-11(14-9)15(3)6-7-16-4/h8H,5-7H2,1-4H3,(H,12,13,14). The zero-order chi connectivity index (χ0) is 12.0. The Balaban J connectivity index is 2.85. The van der Waals surface area contributed by atoms with Gasteiger partial charge in [-0.15, -0.1) is 0 Å². The molecule has 0 saturated heterocycles. The monoisotopic (exact) mass is 240 g/mol. The van der Waals surface area contributed by atoms with Crippen LogP contribution in [0.4, 0.5) is 11.6 Å². The summed E-state index contributed by atoms with van der Waals surface area (Å²) in [6.07, 6.45) is 2.98.